The predicted molar refractivity (Wildman–Crippen MR) is 157 cm³/mol. The number of Topliss-reactive ketones (excluding diaryl/α,β-unsaturated/α-hetero) is 1. The van der Waals surface area contributed by atoms with Gasteiger partial charge in [-0.2, -0.15) is 4.31 Å². The maximum Gasteiger partial charge on any atom is 0.333 e. The first kappa shape index (κ1) is 33.7. The highest BCUT2D eigenvalue weighted by Crippen LogP contribution is 2.37. The Morgan fingerprint density at radius 3 is 2.50 bits per heavy atom. The number of benzene rings is 1. The van der Waals surface area contributed by atoms with E-state index in [4.69, 9.17) is 16.9 Å². The maximum absolute atomic E-state index is 14.0. The number of ketones is 1. The smallest absolute Gasteiger partial charge is 0.333 e. The highest BCUT2D eigenvalue weighted by molar-refractivity contribution is 7.89. The molecule has 0 aromatic heterocycles. The van der Waals surface area contributed by atoms with Crippen LogP contribution < -0.4 is 11.5 Å². The average molecular weight is 618 g/mol. The summed E-state index contributed by atoms with van der Waals surface area (Å²) in [5.74, 6) is -2.51. The van der Waals surface area contributed by atoms with Gasteiger partial charge < -0.3 is 26.4 Å². The number of carbonyl (C=O) groups is 2. The van der Waals surface area contributed by atoms with E-state index in [0.29, 0.717) is 31.6 Å². The SMILES string of the molecule is CC1=CCN(S(=O)(=O)c2ccc3c(c2)CN(C)CC3)[C@@](C(=O)O)(C(=O)C(N)CC2=CCCN(C(=N)N)C2)C1.Cl.Cl. The van der Waals surface area contributed by atoms with Crippen LogP contribution in [0.5, 0.6) is 0 Å². The quantitative estimate of drug-likeness (QED) is 0.153. The second-order valence-corrected chi connectivity index (χ2v) is 12.3. The number of fused-ring (bicyclic) bond motifs is 1. The van der Waals surface area contributed by atoms with Crippen molar-refractivity contribution in [2.75, 3.05) is 33.2 Å². The number of halogens is 2. The summed E-state index contributed by atoms with van der Waals surface area (Å²) in [7, 11) is -2.42. The van der Waals surface area contributed by atoms with Gasteiger partial charge in [0.25, 0.3) is 0 Å². The molecule has 3 heterocycles. The number of sulfonamides is 1. The highest BCUT2D eigenvalue weighted by Gasteiger charge is 2.58. The lowest BCUT2D eigenvalue weighted by atomic mass is 9.80. The lowest BCUT2D eigenvalue weighted by Gasteiger charge is -2.42. The number of nitrogens with one attached hydrogen (secondary N) is 1. The zero-order chi connectivity index (χ0) is 27.8. The van der Waals surface area contributed by atoms with Crippen LogP contribution in [0.3, 0.4) is 0 Å². The minimum atomic E-state index is -4.38. The van der Waals surface area contributed by atoms with Crippen LogP contribution in [-0.2, 0) is 32.6 Å². The van der Waals surface area contributed by atoms with Gasteiger partial charge in [-0.25, -0.2) is 13.2 Å². The molecule has 0 spiro atoms. The summed E-state index contributed by atoms with van der Waals surface area (Å²) in [6, 6.07) is 3.59. The summed E-state index contributed by atoms with van der Waals surface area (Å²) < 4.78 is 28.8. The van der Waals surface area contributed by atoms with Crippen LogP contribution in [0.1, 0.15) is 37.3 Å². The second-order valence-electron chi connectivity index (χ2n) is 10.5. The normalized spacial score (nSPS) is 22.5. The fraction of sp³-hybridized carbons (Fsp3) is 0.500. The Balaban J connectivity index is 0.00000280. The Morgan fingerprint density at radius 1 is 1.15 bits per heavy atom. The van der Waals surface area contributed by atoms with Gasteiger partial charge in [-0.05, 0) is 56.5 Å². The minimum absolute atomic E-state index is 0. The van der Waals surface area contributed by atoms with Crippen molar-refractivity contribution in [2.45, 2.75) is 55.6 Å². The molecule has 0 saturated heterocycles. The highest BCUT2D eigenvalue weighted by atomic mass is 35.5. The van der Waals surface area contributed by atoms with Crippen LogP contribution in [0.25, 0.3) is 0 Å². The van der Waals surface area contributed by atoms with Crippen molar-refractivity contribution in [1.82, 2.24) is 14.1 Å². The Labute approximate surface area is 247 Å². The standard InChI is InChI=1S/C26H36N6O5S.2ClH/c1-17-7-11-32(38(36,37)21-6-5-19-8-10-30(2)16-20(19)13-21)26(14-17,24(34)35)23(33)22(27)12-18-4-3-9-31(15-18)25(28)29;;/h4-7,13,22H,3,8-12,14-16,27H2,1-2H3,(H3,28,29)(H,34,35);2*1H/t22?,26-;;/m1../s1. The van der Waals surface area contributed by atoms with Gasteiger partial charge in [0, 0.05) is 39.1 Å². The number of likely N-dealkylation sites (N-methyl/N-ethyl adjacent to an activating group) is 1. The maximum atomic E-state index is 14.0. The van der Waals surface area contributed by atoms with Crippen molar-refractivity contribution >= 4 is 52.5 Å². The molecule has 0 amide bonds. The van der Waals surface area contributed by atoms with Gasteiger partial charge in [0.2, 0.25) is 10.0 Å². The summed E-state index contributed by atoms with van der Waals surface area (Å²) in [4.78, 5) is 30.5. The fourth-order valence-electron chi connectivity index (χ4n) is 5.57. The van der Waals surface area contributed by atoms with Gasteiger partial charge in [-0.1, -0.05) is 29.4 Å². The number of carbonyl (C=O) groups excluding carboxylic acids is 1. The van der Waals surface area contributed by atoms with E-state index >= 15 is 0 Å². The summed E-state index contributed by atoms with van der Waals surface area (Å²) >= 11 is 0. The molecule has 6 N–H and O–H groups in total. The molecule has 3 aliphatic heterocycles. The Hall–Kier alpha value is -2.48. The van der Waals surface area contributed by atoms with E-state index in [-0.39, 0.29) is 55.1 Å². The van der Waals surface area contributed by atoms with E-state index in [2.05, 4.69) is 4.90 Å². The molecule has 0 radical (unpaired) electrons. The zero-order valence-electron chi connectivity index (χ0n) is 22.6. The van der Waals surface area contributed by atoms with Crippen LogP contribution in [0, 0.1) is 5.41 Å². The monoisotopic (exact) mass is 616 g/mol. The third-order valence-electron chi connectivity index (χ3n) is 7.68. The van der Waals surface area contributed by atoms with Crippen molar-refractivity contribution in [3.63, 3.8) is 0 Å². The summed E-state index contributed by atoms with van der Waals surface area (Å²) in [5, 5.41) is 18.2. The molecule has 1 unspecified atom stereocenters. The van der Waals surface area contributed by atoms with E-state index in [1.54, 1.807) is 30.0 Å². The summed E-state index contributed by atoms with van der Waals surface area (Å²) in [5.41, 5.74) is 12.8. The van der Waals surface area contributed by atoms with Gasteiger partial charge in [0.05, 0.1) is 10.9 Å². The summed E-state index contributed by atoms with van der Waals surface area (Å²) in [6.07, 6.45) is 4.69. The lowest BCUT2D eigenvalue weighted by molar-refractivity contribution is -0.155. The third kappa shape index (κ3) is 6.37. The number of carboxylic acids is 1. The van der Waals surface area contributed by atoms with Crippen LogP contribution in [0.15, 0.2) is 46.4 Å². The van der Waals surface area contributed by atoms with Crippen molar-refractivity contribution in [1.29, 1.82) is 5.41 Å². The van der Waals surface area contributed by atoms with Crippen molar-refractivity contribution in [3.05, 3.63) is 52.6 Å². The molecule has 1 aromatic carbocycles. The molecule has 0 fully saturated rings. The molecule has 1 aromatic rings. The first-order valence-electron chi connectivity index (χ1n) is 12.6. The van der Waals surface area contributed by atoms with Crippen LogP contribution in [0.2, 0.25) is 0 Å². The van der Waals surface area contributed by atoms with Crippen molar-refractivity contribution < 1.29 is 23.1 Å². The third-order valence-corrected chi connectivity index (χ3v) is 9.57. The van der Waals surface area contributed by atoms with Gasteiger partial charge >= 0.3 is 5.97 Å². The van der Waals surface area contributed by atoms with E-state index < -0.39 is 33.4 Å². The minimum Gasteiger partial charge on any atom is -0.479 e. The van der Waals surface area contributed by atoms with Gasteiger partial charge in [-0.15, -0.1) is 24.8 Å². The van der Waals surface area contributed by atoms with Crippen molar-refractivity contribution in [3.8, 4) is 0 Å². The fourth-order valence-corrected chi connectivity index (χ4v) is 7.27. The number of rotatable bonds is 7. The first-order valence-corrected chi connectivity index (χ1v) is 14.1. The lowest BCUT2D eigenvalue weighted by Crippen LogP contribution is -2.66. The molecule has 4 rings (SSSR count). The van der Waals surface area contributed by atoms with Crippen LogP contribution in [0.4, 0.5) is 0 Å². The Bertz CT molecular complexity index is 1330. The molecule has 3 aliphatic rings. The van der Waals surface area contributed by atoms with Crippen LogP contribution >= 0.6 is 24.8 Å². The molecule has 0 bridgehead atoms. The van der Waals surface area contributed by atoms with E-state index in [0.717, 1.165) is 34.0 Å². The second kappa shape index (κ2) is 13.0. The molecule has 11 nitrogen and oxygen atoms in total. The van der Waals surface area contributed by atoms with Crippen molar-refractivity contribution in [2.24, 2.45) is 11.5 Å². The van der Waals surface area contributed by atoms with E-state index in [1.807, 2.05) is 13.1 Å². The molecular formula is C26H38Cl2N6O5S. The molecule has 0 aliphatic carbocycles. The van der Waals surface area contributed by atoms with E-state index in [1.165, 1.54) is 6.07 Å². The van der Waals surface area contributed by atoms with Crippen LogP contribution in [-0.4, -0.2) is 90.1 Å². The van der Waals surface area contributed by atoms with E-state index in [9.17, 15) is 23.1 Å². The summed E-state index contributed by atoms with van der Waals surface area (Å²) in [6.45, 7) is 3.75. The first-order chi connectivity index (χ1) is 17.9. The topological polar surface area (TPSA) is 174 Å². The predicted octanol–water partition coefficient (Wildman–Crippen LogP) is 1.49. The number of hydrogen-bond donors (Lipinski definition) is 4. The molecule has 222 valence electrons. The number of carboxylic acid groups (broad SMARTS) is 1. The molecule has 14 heteroatoms. The number of nitrogens with two attached hydrogens (primary N) is 2. The Kier molecular flexibility index (Phi) is 11.0. The van der Waals surface area contributed by atoms with Gasteiger partial charge in [0.1, 0.15) is 0 Å². The average Bonchev–Trinajstić information content (AvgIpc) is 2.87. The number of nitrogens with zero attached hydrogens (tertiary/aromatic N) is 3. The largest absolute Gasteiger partial charge is 0.479 e. The van der Waals surface area contributed by atoms with Gasteiger partial charge in [-0.3, -0.25) is 10.2 Å². The number of guanidine groups is 1. The molecule has 2 atom stereocenters. The molecular weight excluding hydrogens is 579 g/mol. The Morgan fingerprint density at radius 2 is 1.85 bits per heavy atom. The molecule has 40 heavy (non-hydrogen) atoms. The zero-order valence-corrected chi connectivity index (χ0v) is 25.1. The number of aliphatic carboxylic acids is 1. The number of hydrogen-bond acceptors (Lipinski definition) is 7. The molecule has 0 saturated carbocycles. The van der Waals surface area contributed by atoms with Gasteiger partial charge in [0.15, 0.2) is 17.3 Å².